The lowest BCUT2D eigenvalue weighted by Crippen LogP contribution is -2.02. The molecule has 1 aromatic carbocycles. The van der Waals surface area contributed by atoms with Crippen molar-refractivity contribution >= 4 is 0 Å². The molecule has 100 valence electrons. The molecule has 1 fully saturated rings. The van der Waals surface area contributed by atoms with E-state index in [2.05, 4.69) is 39.8 Å². The van der Waals surface area contributed by atoms with Gasteiger partial charge in [-0.15, -0.1) is 0 Å². The molecule has 2 rings (SSSR count). The van der Waals surface area contributed by atoms with E-state index >= 15 is 0 Å². The third kappa shape index (κ3) is 3.05. The summed E-state index contributed by atoms with van der Waals surface area (Å²) in [7, 11) is 0. The van der Waals surface area contributed by atoms with Crippen LogP contribution in [0.3, 0.4) is 0 Å². The van der Waals surface area contributed by atoms with Crippen molar-refractivity contribution in [2.45, 2.75) is 59.2 Å². The molecule has 18 heavy (non-hydrogen) atoms. The van der Waals surface area contributed by atoms with E-state index in [4.69, 9.17) is 9.47 Å². The fourth-order valence-corrected chi connectivity index (χ4v) is 2.32. The molecule has 2 nitrogen and oxygen atoms in total. The average Bonchev–Trinajstić information content (AvgIpc) is 3.06. The van der Waals surface area contributed by atoms with Crippen molar-refractivity contribution in [2.75, 3.05) is 6.61 Å². The molecule has 1 heterocycles. The Morgan fingerprint density at radius 1 is 1.22 bits per heavy atom. The van der Waals surface area contributed by atoms with Gasteiger partial charge in [0.15, 0.2) is 0 Å². The van der Waals surface area contributed by atoms with Gasteiger partial charge in [0.25, 0.3) is 0 Å². The molecular weight excluding hydrogens is 224 g/mol. The van der Waals surface area contributed by atoms with Crippen LogP contribution in [0.5, 0.6) is 5.75 Å². The van der Waals surface area contributed by atoms with E-state index in [1.54, 1.807) is 0 Å². The summed E-state index contributed by atoms with van der Waals surface area (Å²) in [5, 5.41) is 0. The number of aryl methyl sites for hydroxylation is 1. The lowest BCUT2D eigenvalue weighted by Gasteiger charge is -2.14. The molecule has 0 aliphatic carbocycles. The highest BCUT2D eigenvalue weighted by Crippen LogP contribution is 2.29. The summed E-state index contributed by atoms with van der Waals surface area (Å²) in [5.41, 5.74) is 4.08. The molecule has 1 saturated heterocycles. The molecule has 0 spiro atoms. The summed E-state index contributed by atoms with van der Waals surface area (Å²) in [6.45, 7) is 9.42. The Hall–Kier alpha value is -1.02. The molecular formula is C16H24O2. The van der Waals surface area contributed by atoms with Crippen LogP contribution in [0.2, 0.25) is 0 Å². The molecule has 0 radical (unpaired) electrons. The van der Waals surface area contributed by atoms with Gasteiger partial charge in [-0.3, -0.25) is 0 Å². The van der Waals surface area contributed by atoms with Crippen LogP contribution < -0.4 is 4.74 Å². The normalized spacial score (nSPS) is 22.0. The van der Waals surface area contributed by atoms with E-state index in [9.17, 15) is 0 Å². The summed E-state index contributed by atoms with van der Waals surface area (Å²) in [4.78, 5) is 0. The van der Waals surface area contributed by atoms with Crippen LogP contribution in [0.25, 0.3) is 0 Å². The fraction of sp³-hybridized carbons (Fsp3) is 0.625. The predicted octanol–water partition coefficient (Wildman–Crippen LogP) is 3.81. The Bertz CT molecular complexity index is 412. The van der Waals surface area contributed by atoms with Crippen molar-refractivity contribution in [1.82, 2.24) is 0 Å². The quantitative estimate of drug-likeness (QED) is 0.714. The molecule has 2 atom stereocenters. The third-order valence-electron chi connectivity index (χ3n) is 3.85. The maximum Gasteiger partial charge on any atom is 0.122 e. The van der Waals surface area contributed by atoms with E-state index in [1.807, 2.05) is 0 Å². The zero-order chi connectivity index (χ0) is 13.1. The molecule has 0 N–H and O–H groups in total. The lowest BCUT2D eigenvalue weighted by atomic mass is 9.98. The van der Waals surface area contributed by atoms with Crippen molar-refractivity contribution in [3.63, 3.8) is 0 Å². The van der Waals surface area contributed by atoms with Crippen molar-refractivity contribution in [3.05, 3.63) is 28.8 Å². The second-order valence-corrected chi connectivity index (χ2v) is 5.24. The molecule has 1 aliphatic rings. The monoisotopic (exact) mass is 248 g/mol. The van der Waals surface area contributed by atoms with Crippen LogP contribution in [-0.4, -0.2) is 18.8 Å². The smallest absolute Gasteiger partial charge is 0.122 e. The minimum atomic E-state index is 0.471. The Morgan fingerprint density at radius 2 is 1.94 bits per heavy atom. The van der Waals surface area contributed by atoms with Gasteiger partial charge in [-0.2, -0.15) is 0 Å². The van der Waals surface area contributed by atoms with Gasteiger partial charge in [-0.25, -0.2) is 0 Å². The zero-order valence-electron chi connectivity index (χ0n) is 12.0. The van der Waals surface area contributed by atoms with Crippen LogP contribution >= 0.6 is 0 Å². The lowest BCUT2D eigenvalue weighted by molar-refractivity contribution is 0.315. The molecule has 0 amide bonds. The van der Waals surface area contributed by atoms with Crippen molar-refractivity contribution in [2.24, 2.45) is 0 Å². The Kier molecular flexibility index (Phi) is 4.28. The van der Waals surface area contributed by atoms with Crippen LogP contribution in [0.1, 0.15) is 43.4 Å². The molecule has 1 aliphatic heterocycles. The first-order chi connectivity index (χ1) is 8.63. The van der Waals surface area contributed by atoms with Crippen molar-refractivity contribution in [1.29, 1.82) is 0 Å². The molecule has 0 bridgehead atoms. The molecule has 0 saturated carbocycles. The summed E-state index contributed by atoms with van der Waals surface area (Å²) in [6, 6.07) is 4.32. The Balaban J connectivity index is 2.00. The number of rotatable bonds is 6. The van der Waals surface area contributed by atoms with Crippen LogP contribution in [0.15, 0.2) is 12.1 Å². The van der Waals surface area contributed by atoms with Crippen LogP contribution in [0.4, 0.5) is 0 Å². The summed E-state index contributed by atoms with van der Waals surface area (Å²) >= 11 is 0. The molecule has 1 aromatic rings. The van der Waals surface area contributed by atoms with Gasteiger partial charge in [0.1, 0.15) is 5.75 Å². The van der Waals surface area contributed by atoms with Crippen LogP contribution in [0, 0.1) is 13.8 Å². The maximum atomic E-state index is 5.75. The van der Waals surface area contributed by atoms with E-state index in [-0.39, 0.29) is 0 Å². The number of hydrogen-bond donors (Lipinski definition) is 0. The number of benzene rings is 1. The number of hydrogen-bond acceptors (Lipinski definition) is 2. The Labute approximate surface area is 110 Å². The zero-order valence-corrected chi connectivity index (χ0v) is 12.0. The van der Waals surface area contributed by atoms with E-state index in [1.165, 1.54) is 16.7 Å². The Morgan fingerprint density at radius 3 is 2.56 bits per heavy atom. The minimum absolute atomic E-state index is 0.471. The number of ether oxygens (including phenoxy) is 2. The second-order valence-electron chi connectivity index (χ2n) is 5.24. The topological polar surface area (TPSA) is 21.8 Å². The first kappa shape index (κ1) is 13.4. The standard InChI is InChI=1S/C16H24O2/c1-5-10-17-15-8-6-14(11(2)12(15)3)7-9-16-13(4)18-16/h6,8,13,16H,5,7,9-10H2,1-4H3. The highest BCUT2D eigenvalue weighted by atomic mass is 16.6. The van der Waals surface area contributed by atoms with Crippen molar-refractivity contribution < 1.29 is 9.47 Å². The first-order valence-electron chi connectivity index (χ1n) is 7.00. The summed E-state index contributed by atoms with van der Waals surface area (Å²) in [6.07, 6.45) is 4.25. The van der Waals surface area contributed by atoms with Crippen LogP contribution in [-0.2, 0) is 11.2 Å². The maximum absolute atomic E-state index is 5.75. The number of epoxide rings is 1. The summed E-state index contributed by atoms with van der Waals surface area (Å²) < 4.78 is 11.2. The molecule has 2 unspecified atom stereocenters. The third-order valence-corrected chi connectivity index (χ3v) is 3.85. The van der Waals surface area contributed by atoms with Gasteiger partial charge < -0.3 is 9.47 Å². The molecule has 0 aromatic heterocycles. The van der Waals surface area contributed by atoms with E-state index < -0.39 is 0 Å². The highest BCUT2D eigenvalue weighted by molar-refractivity contribution is 5.43. The van der Waals surface area contributed by atoms with Gasteiger partial charge in [0, 0.05) is 0 Å². The predicted molar refractivity (Wildman–Crippen MR) is 74.4 cm³/mol. The fourth-order valence-electron chi connectivity index (χ4n) is 2.32. The van der Waals surface area contributed by atoms with Gasteiger partial charge >= 0.3 is 0 Å². The average molecular weight is 248 g/mol. The van der Waals surface area contributed by atoms with Gasteiger partial charge in [-0.05, 0) is 62.8 Å². The van der Waals surface area contributed by atoms with Gasteiger partial charge in [0.2, 0.25) is 0 Å². The SMILES string of the molecule is CCCOc1ccc(CCC2OC2C)c(C)c1C. The van der Waals surface area contributed by atoms with Crippen molar-refractivity contribution in [3.8, 4) is 5.75 Å². The van der Waals surface area contributed by atoms with Gasteiger partial charge in [-0.1, -0.05) is 13.0 Å². The first-order valence-corrected chi connectivity index (χ1v) is 7.00. The van der Waals surface area contributed by atoms with E-state index in [0.29, 0.717) is 12.2 Å². The van der Waals surface area contributed by atoms with E-state index in [0.717, 1.165) is 31.6 Å². The van der Waals surface area contributed by atoms with Gasteiger partial charge in [0.05, 0.1) is 18.8 Å². The molecule has 2 heteroatoms. The second kappa shape index (κ2) is 5.75. The minimum Gasteiger partial charge on any atom is -0.493 e. The summed E-state index contributed by atoms with van der Waals surface area (Å²) in [5.74, 6) is 1.04. The largest absolute Gasteiger partial charge is 0.493 e. The highest BCUT2D eigenvalue weighted by Gasteiger charge is 2.33.